The largest absolute Gasteiger partial charge is 0.487 e. The number of aromatic carboxylic acids is 1. The molecule has 1 aromatic carbocycles. The third-order valence-corrected chi connectivity index (χ3v) is 4.29. The van der Waals surface area contributed by atoms with E-state index in [-0.39, 0.29) is 18.8 Å². The Labute approximate surface area is 136 Å². The highest BCUT2D eigenvalue weighted by atomic mass is 16.5. The molecule has 7 nitrogen and oxygen atoms in total. The summed E-state index contributed by atoms with van der Waals surface area (Å²) in [5, 5.41) is 18.8. The van der Waals surface area contributed by atoms with E-state index in [4.69, 9.17) is 14.6 Å². The first-order chi connectivity index (χ1) is 11.5. The van der Waals surface area contributed by atoms with Gasteiger partial charge in [0, 0.05) is 24.4 Å². The number of hydrogen-bond acceptors (Lipinski definition) is 5. The number of carboxylic acid groups (broad SMARTS) is 1. The van der Waals surface area contributed by atoms with Gasteiger partial charge in [-0.1, -0.05) is 0 Å². The van der Waals surface area contributed by atoms with E-state index in [1.807, 2.05) is 6.07 Å². The predicted molar refractivity (Wildman–Crippen MR) is 83.8 cm³/mol. The molecule has 7 heteroatoms. The molecule has 2 aromatic rings. The number of carbonyl (C=O) groups is 1. The third kappa shape index (κ3) is 2.33. The van der Waals surface area contributed by atoms with Gasteiger partial charge in [-0.05, 0) is 24.1 Å². The first kappa shape index (κ1) is 14.8. The lowest BCUT2D eigenvalue weighted by Crippen LogP contribution is -2.22. The minimum atomic E-state index is -1.23. The van der Waals surface area contributed by atoms with Crippen LogP contribution in [0, 0.1) is 0 Å². The van der Waals surface area contributed by atoms with Crippen molar-refractivity contribution in [1.29, 1.82) is 0 Å². The SMILES string of the molecule is O=C(O)c1cn2c(cc1=O)-c1cc3c(cc1CC2)OCC(O)CO3. The predicted octanol–water partition coefficient (Wildman–Crippen LogP) is 0.902. The molecule has 0 fully saturated rings. The molecule has 24 heavy (non-hydrogen) atoms. The highest BCUT2D eigenvalue weighted by Crippen LogP contribution is 2.39. The normalized spacial score (nSPS) is 18.3. The lowest BCUT2D eigenvalue weighted by molar-refractivity contribution is 0.0694. The van der Waals surface area contributed by atoms with Crippen LogP contribution in [0.1, 0.15) is 15.9 Å². The summed E-state index contributed by atoms with van der Waals surface area (Å²) in [5.41, 5.74) is 1.71. The Morgan fingerprint density at radius 3 is 2.58 bits per heavy atom. The lowest BCUT2D eigenvalue weighted by Gasteiger charge is -2.24. The number of aromatic nitrogens is 1. The highest BCUT2D eigenvalue weighted by Gasteiger charge is 2.24. The smallest absolute Gasteiger partial charge is 0.341 e. The van der Waals surface area contributed by atoms with Gasteiger partial charge in [0.1, 0.15) is 24.9 Å². The number of carboxylic acids is 1. The van der Waals surface area contributed by atoms with E-state index in [0.29, 0.717) is 30.2 Å². The van der Waals surface area contributed by atoms with Crippen LogP contribution in [0.5, 0.6) is 11.5 Å². The van der Waals surface area contributed by atoms with Crippen LogP contribution in [0.3, 0.4) is 0 Å². The van der Waals surface area contributed by atoms with Crippen molar-refractivity contribution in [1.82, 2.24) is 4.57 Å². The zero-order chi connectivity index (χ0) is 16.8. The van der Waals surface area contributed by atoms with Gasteiger partial charge in [0.05, 0.1) is 5.69 Å². The van der Waals surface area contributed by atoms with Gasteiger partial charge in [-0.3, -0.25) is 4.79 Å². The van der Waals surface area contributed by atoms with Gasteiger partial charge in [-0.25, -0.2) is 4.79 Å². The number of hydrogen-bond donors (Lipinski definition) is 2. The Kier molecular flexibility index (Phi) is 3.31. The summed E-state index contributed by atoms with van der Waals surface area (Å²) < 4.78 is 12.9. The number of pyridine rings is 1. The number of aliphatic hydroxyl groups is 1. The van der Waals surface area contributed by atoms with Crippen molar-refractivity contribution in [3.63, 3.8) is 0 Å². The molecule has 0 amide bonds. The molecular formula is C17H15NO6. The van der Waals surface area contributed by atoms with Crippen molar-refractivity contribution in [3.8, 4) is 22.8 Å². The van der Waals surface area contributed by atoms with Crippen molar-refractivity contribution < 1.29 is 24.5 Å². The van der Waals surface area contributed by atoms with E-state index in [1.165, 1.54) is 12.3 Å². The maximum atomic E-state index is 12.0. The molecule has 2 aliphatic heterocycles. The minimum Gasteiger partial charge on any atom is -0.487 e. The number of fused-ring (bicyclic) bond motifs is 4. The quantitative estimate of drug-likeness (QED) is 0.807. The standard InChI is InChI=1S/C17H15NO6/c19-10-7-23-15-3-9-1-2-18-6-12(17(21)22)14(20)5-13(18)11(9)4-16(15)24-8-10/h3-6,10,19H,1-2,7-8H2,(H,21,22). The Bertz CT molecular complexity index is 901. The average Bonchev–Trinajstić information content (AvgIpc) is 2.74. The topological polar surface area (TPSA) is 98.0 Å². The lowest BCUT2D eigenvalue weighted by atomic mass is 9.96. The first-order valence-corrected chi connectivity index (χ1v) is 7.61. The first-order valence-electron chi connectivity index (χ1n) is 7.61. The van der Waals surface area contributed by atoms with Crippen LogP contribution in [-0.2, 0) is 13.0 Å². The van der Waals surface area contributed by atoms with Crippen molar-refractivity contribution >= 4 is 5.97 Å². The number of aliphatic hydroxyl groups excluding tert-OH is 1. The van der Waals surface area contributed by atoms with E-state index in [2.05, 4.69) is 0 Å². The maximum Gasteiger partial charge on any atom is 0.341 e. The number of aryl methyl sites for hydroxylation is 2. The Balaban J connectivity index is 1.86. The summed E-state index contributed by atoms with van der Waals surface area (Å²) in [6.07, 6.45) is 1.38. The van der Waals surface area contributed by atoms with Crippen molar-refractivity contribution in [2.45, 2.75) is 19.1 Å². The summed E-state index contributed by atoms with van der Waals surface area (Å²) in [6, 6.07) is 5.00. The van der Waals surface area contributed by atoms with Gasteiger partial charge >= 0.3 is 5.97 Å². The van der Waals surface area contributed by atoms with Crippen molar-refractivity contribution in [2.75, 3.05) is 13.2 Å². The summed E-state index contributed by atoms with van der Waals surface area (Å²) in [5.74, 6) is -0.148. The molecule has 4 rings (SSSR count). The van der Waals surface area contributed by atoms with Gasteiger partial charge in [0.15, 0.2) is 16.9 Å². The molecule has 0 bridgehead atoms. The molecule has 0 saturated carbocycles. The van der Waals surface area contributed by atoms with Gasteiger partial charge < -0.3 is 24.3 Å². The van der Waals surface area contributed by atoms with Crippen LogP contribution in [0.15, 0.2) is 29.2 Å². The number of nitrogens with zero attached hydrogens (tertiary/aromatic N) is 1. The second-order valence-electron chi connectivity index (χ2n) is 5.92. The van der Waals surface area contributed by atoms with Crippen molar-refractivity contribution in [3.05, 3.63) is 45.7 Å². The van der Waals surface area contributed by atoms with Crippen LogP contribution in [0.2, 0.25) is 0 Å². The Hall–Kier alpha value is -2.80. The minimum absolute atomic E-state index is 0.135. The van der Waals surface area contributed by atoms with Gasteiger partial charge in [-0.15, -0.1) is 0 Å². The molecular weight excluding hydrogens is 314 g/mol. The second kappa shape index (κ2) is 5.38. The maximum absolute atomic E-state index is 12.0. The molecule has 1 aromatic heterocycles. The zero-order valence-electron chi connectivity index (χ0n) is 12.7. The average molecular weight is 329 g/mol. The molecule has 0 spiro atoms. The van der Waals surface area contributed by atoms with Gasteiger partial charge in [-0.2, -0.15) is 0 Å². The molecule has 0 aliphatic carbocycles. The summed E-state index contributed by atoms with van der Waals surface area (Å²) >= 11 is 0. The Morgan fingerprint density at radius 1 is 1.17 bits per heavy atom. The fourth-order valence-electron chi connectivity index (χ4n) is 3.09. The molecule has 1 atom stereocenters. The van der Waals surface area contributed by atoms with Crippen LogP contribution >= 0.6 is 0 Å². The van der Waals surface area contributed by atoms with Crippen LogP contribution < -0.4 is 14.9 Å². The number of benzene rings is 1. The molecule has 0 saturated heterocycles. The summed E-state index contributed by atoms with van der Waals surface area (Å²) in [6.45, 7) is 0.880. The van der Waals surface area contributed by atoms with E-state index < -0.39 is 17.5 Å². The molecule has 1 unspecified atom stereocenters. The second-order valence-corrected chi connectivity index (χ2v) is 5.92. The van der Waals surface area contributed by atoms with E-state index >= 15 is 0 Å². The highest BCUT2D eigenvalue weighted by molar-refractivity contribution is 5.87. The van der Waals surface area contributed by atoms with Gasteiger partial charge in [0.2, 0.25) is 0 Å². The zero-order valence-corrected chi connectivity index (χ0v) is 12.7. The molecule has 2 aliphatic rings. The van der Waals surface area contributed by atoms with Crippen LogP contribution in [-0.4, -0.2) is 40.1 Å². The number of ether oxygens (including phenoxy) is 2. The summed E-state index contributed by atoms with van der Waals surface area (Å²) in [7, 11) is 0. The number of rotatable bonds is 1. The van der Waals surface area contributed by atoms with Crippen LogP contribution in [0.4, 0.5) is 0 Å². The van der Waals surface area contributed by atoms with Gasteiger partial charge in [0.25, 0.3) is 0 Å². The van der Waals surface area contributed by atoms with E-state index in [0.717, 1.165) is 11.1 Å². The summed E-state index contributed by atoms with van der Waals surface area (Å²) in [4.78, 5) is 23.2. The van der Waals surface area contributed by atoms with E-state index in [1.54, 1.807) is 10.6 Å². The monoisotopic (exact) mass is 329 g/mol. The molecule has 0 radical (unpaired) electrons. The molecule has 2 N–H and O–H groups in total. The third-order valence-electron chi connectivity index (χ3n) is 4.29. The fraction of sp³-hybridized carbons (Fsp3) is 0.294. The van der Waals surface area contributed by atoms with Crippen molar-refractivity contribution in [2.24, 2.45) is 0 Å². The Morgan fingerprint density at radius 2 is 1.88 bits per heavy atom. The fourth-order valence-corrected chi connectivity index (χ4v) is 3.09. The van der Waals surface area contributed by atoms with E-state index in [9.17, 15) is 14.7 Å². The molecule has 3 heterocycles. The van der Waals surface area contributed by atoms with Crippen LogP contribution in [0.25, 0.3) is 11.3 Å². The molecule has 124 valence electrons.